The maximum Gasteiger partial charge on any atom is 0.332 e. The summed E-state index contributed by atoms with van der Waals surface area (Å²) in [6.07, 6.45) is 0. The van der Waals surface area contributed by atoms with Crippen molar-refractivity contribution in [3.05, 3.63) is 48.8 Å². The van der Waals surface area contributed by atoms with E-state index in [2.05, 4.69) is 15.1 Å². The first-order valence-electron chi connectivity index (χ1n) is 7.14. The van der Waals surface area contributed by atoms with Gasteiger partial charge in [-0.2, -0.15) is 21.3 Å². The zero-order chi connectivity index (χ0) is 17.7. The third-order valence-electron chi connectivity index (χ3n) is 3.84. The number of nitrogens with zero attached hydrogens (tertiary/aromatic N) is 6. The largest absolute Gasteiger partial charge is 0.337 e. The molecule has 0 spiro atoms. The van der Waals surface area contributed by atoms with Crippen molar-refractivity contribution in [2.45, 2.75) is 6.54 Å². The molecular formula is C14H11ClN6O3S. The van der Waals surface area contributed by atoms with Crippen LogP contribution in [-0.4, -0.2) is 28.8 Å². The van der Waals surface area contributed by atoms with E-state index in [1.807, 2.05) is 16.8 Å². The summed E-state index contributed by atoms with van der Waals surface area (Å²) in [5.74, 6) is 0.732. The molecule has 4 heterocycles. The predicted molar refractivity (Wildman–Crippen MR) is 91.9 cm³/mol. The molecule has 0 radical (unpaired) electrons. The molecule has 0 amide bonds. The first-order valence-corrected chi connectivity index (χ1v) is 8.46. The highest BCUT2D eigenvalue weighted by atomic mass is 35.5. The number of aromatic nitrogens is 6. The molecule has 0 N–H and O–H groups in total. The molecule has 4 aromatic heterocycles. The minimum atomic E-state index is -0.491. The molecular weight excluding hydrogens is 368 g/mol. The van der Waals surface area contributed by atoms with Crippen LogP contribution in [0, 0.1) is 0 Å². The number of fused-ring (bicyclic) bond motifs is 1. The fourth-order valence-corrected chi connectivity index (χ4v) is 3.39. The fraction of sp³-hybridized carbons (Fsp3) is 0.214. The van der Waals surface area contributed by atoms with Gasteiger partial charge in [0.2, 0.25) is 17.0 Å². The minimum absolute atomic E-state index is 0.0589. The Morgan fingerprint density at radius 3 is 2.76 bits per heavy atom. The van der Waals surface area contributed by atoms with Gasteiger partial charge < -0.3 is 4.52 Å². The molecule has 0 atom stereocenters. The van der Waals surface area contributed by atoms with Gasteiger partial charge in [0.1, 0.15) is 6.54 Å². The monoisotopic (exact) mass is 378 g/mol. The van der Waals surface area contributed by atoms with E-state index in [0.29, 0.717) is 5.82 Å². The van der Waals surface area contributed by atoms with Crippen molar-refractivity contribution >= 4 is 34.1 Å². The second kappa shape index (κ2) is 5.67. The van der Waals surface area contributed by atoms with Crippen molar-refractivity contribution in [1.82, 2.24) is 28.8 Å². The number of rotatable bonds is 3. The Balaban J connectivity index is 1.84. The molecule has 0 aromatic carbocycles. The number of imidazole rings is 1. The Morgan fingerprint density at radius 1 is 1.24 bits per heavy atom. The van der Waals surface area contributed by atoms with E-state index >= 15 is 0 Å². The lowest BCUT2D eigenvalue weighted by Gasteiger charge is -2.05. The van der Waals surface area contributed by atoms with Crippen molar-refractivity contribution in [3.63, 3.8) is 0 Å². The lowest BCUT2D eigenvalue weighted by molar-refractivity contribution is 0.372. The molecule has 128 valence electrons. The fourth-order valence-electron chi connectivity index (χ4n) is 2.53. The SMILES string of the molecule is Cn1c(=O)c2c(nc(Cl)n2Cc2nc(-c3ccsc3)no2)n(C)c1=O. The molecule has 4 rings (SSSR count). The van der Waals surface area contributed by atoms with Crippen molar-refractivity contribution in [1.29, 1.82) is 0 Å². The lowest BCUT2D eigenvalue weighted by Crippen LogP contribution is -2.37. The summed E-state index contributed by atoms with van der Waals surface area (Å²) in [5.41, 5.74) is 0.284. The topological polar surface area (TPSA) is 101 Å². The summed E-state index contributed by atoms with van der Waals surface area (Å²) in [5, 5.41) is 7.80. The van der Waals surface area contributed by atoms with E-state index < -0.39 is 11.2 Å². The summed E-state index contributed by atoms with van der Waals surface area (Å²) >= 11 is 7.70. The number of thiophene rings is 1. The van der Waals surface area contributed by atoms with Gasteiger partial charge in [-0.05, 0) is 23.0 Å². The molecule has 25 heavy (non-hydrogen) atoms. The van der Waals surface area contributed by atoms with Crippen LogP contribution in [0.2, 0.25) is 5.28 Å². The van der Waals surface area contributed by atoms with Gasteiger partial charge in [-0.15, -0.1) is 0 Å². The van der Waals surface area contributed by atoms with E-state index in [0.717, 1.165) is 10.1 Å². The smallest absolute Gasteiger partial charge is 0.332 e. The first-order chi connectivity index (χ1) is 12.0. The molecule has 0 saturated heterocycles. The molecule has 0 bridgehead atoms. The van der Waals surface area contributed by atoms with E-state index in [-0.39, 0.29) is 28.9 Å². The maximum absolute atomic E-state index is 12.5. The van der Waals surface area contributed by atoms with Crippen molar-refractivity contribution in [2.24, 2.45) is 14.1 Å². The van der Waals surface area contributed by atoms with E-state index in [4.69, 9.17) is 16.1 Å². The Bertz CT molecular complexity index is 1200. The quantitative estimate of drug-likeness (QED) is 0.497. The minimum Gasteiger partial charge on any atom is -0.337 e. The summed E-state index contributed by atoms with van der Waals surface area (Å²) in [6.45, 7) is 0.0694. The molecule has 4 aromatic rings. The van der Waals surface area contributed by atoms with Crippen LogP contribution in [0.5, 0.6) is 0 Å². The van der Waals surface area contributed by atoms with Crippen LogP contribution in [0.25, 0.3) is 22.6 Å². The van der Waals surface area contributed by atoms with Gasteiger partial charge in [0, 0.05) is 25.0 Å². The van der Waals surface area contributed by atoms with E-state index in [9.17, 15) is 9.59 Å². The van der Waals surface area contributed by atoms with Crippen LogP contribution in [0.3, 0.4) is 0 Å². The average molecular weight is 379 g/mol. The Labute approximate surface area is 148 Å². The first kappa shape index (κ1) is 15.8. The van der Waals surface area contributed by atoms with Gasteiger partial charge in [0.15, 0.2) is 11.2 Å². The van der Waals surface area contributed by atoms with Gasteiger partial charge >= 0.3 is 5.69 Å². The van der Waals surface area contributed by atoms with Crippen molar-refractivity contribution in [2.75, 3.05) is 0 Å². The number of halogens is 1. The highest BCUT2D eigenvalue weighted by molar-refractivity contribution is 7.08. The zero-order valence-electron chi connectivity index (χ0n) is 13.1. The van der Waals surface area contributed by atoms with Crippen molar-refractivity contribution < 1.29 is 4.52 Å². The number of hydrogen-bond donors (Lipinski definition) is 0. The van der Waals surface area contributed by atoms with Crippen molar-refractivity contribution in [3.8, 4) is 11.4 Å². The Kier molecular flexibility index (Phi) is 3.58. The standard InChI is InChI=1S/C14H11ClN6O3S/c1-19-11-9(12(22)20(2)14(19)23)21(13(15)17-11)5-8-16-10(18-24-8)7-3-4-25-6-7/h3-4,6H,5H2,1-2H3. The van der Waals surface area contributed by atoms with Crippen LogP contribution in [0.4, 0.5) is 0 Å². The third-order valence-corrected chi connectivity index (χ3v) is 4.81. The van der Waals surface area contributed by atoms with Crippen LogP contribution in [0.15, 0.2) is 30.9 Å². The lowest BCUT2D eigenvalue weighted by atomic mass is 10.3. The number of hydrogen-bond acceptors (Lipinski definition) is 7. The van der Waals surface area contributed by atoms with E-state index in [1.165, 1.54) is 34.6 Å². The zero-order valence-corrected chi connectivity index (χ0v) is 14.7. The predicted octanol–water partition coefficient (Wildman–Crippen LogP) is 1.25. The number of aryl methyl sites for hydroxylation is 1. The van der Waals surface area contributed by atoms with Gasteiger partial charge in [0.25, 0.3) is 5.56 Å². The van der Waals surface area contributed by atoms with Gasteiger partial charge in [-0.3, -0.25) is 18.5 Å². The van der Waals surface area contributed by atoms with E-state index in [1.54, 1.807) is 0 Å². The summed E-state index contributed by atoms with van der Waals surface area (Å²) in [7, 11) is 2.93. The summed E-state index contributed by atoms with van der Waals surface area (Å²) in [6, 6.07) is 1.88. The summed E-state index contributed by atoms with van der Waals surface area (Å²) in [4.78, 5) is 32.9. The molecule has 0 unspecified atom stereocenters. The van der Waals surface area contributed by atoms with Gasteiger partial charge in [-0.25, -0.2) is 4.79 Å². The van der Waals surface area contributed by atoms with Crippen LogP contribution < -0.4 is 11.2 Å². The normalized spacial score (nSPS) is 11.5. The van der Waals surface area contributed by atoms with Crippen LogP contribution in [-0.2, 0) is 20.6 Å². The average Bonchev–Trinajstić information content (AvgIpc) is 3.32. The Hall–Kier alpha value is -2.72. The summed E-state index contributed by atoms with van der Waals surface area (Å²) < 4.78 is 8.97. The second-order valence-electron chi connectivity index (χ2n) is 5.37. The van der Waals surface area contributed by atoms with Gasteiger partial charge in [0.05, 0.1) is 0 Å². The van der Waals surface area contributed by atoms with Crippen LogP contribution in [0.1, 0.15) is 5.89 Å². The molecule has 0 fully saturated rings. The third kappa shape index (κ3) is 2.41. The molecule has 0 aliphatic heterocycles. The second-order valence-corrected chi connectivity index (χ2v) is 6.49. The van der Waals surface area contributed by atoms with Gasteiger partial charge in [-0.1, -0.05) is 5.16 Å². The molecule has 9 nitrogen and oxygen atoms in total. The molecule has 0 aliphatic rings. The highest BCUT2D eigenvalue weighted by Crippen LogP contribution is 2.21. The molecule has 11 heteroatoms. The Morgan fingerprint density at radius 2 is 2.04 bits per heavy atom. The van der Waals surface area contributed by atoms with Crippen LogP contribution >= 0.6 is 22.9 Å². The molecule has 0 aliphatic carbocycles. The maximum atomic E-state index is 12.5. The highest BCUT2D eigenvalue weighted by Gasteiger charge is 2.20. The molecule has 0 saturated carbocycles.